The Kier molecular flexibility index (Phi) is 3.99. The molecule has 0 atom stereocenters. The molecule has 6 nitrogen and oxygen atoms in total. The molecule has 0 aliphatic carbocycles. The molecule has 0 saturated heterocycles. The lowest BCUT2D eigenvalue weighted by Crippen LogP contribution is -1.99. The van der Waals surface area contributed by atoms with Crippen LogP contribution in [0.3, 0.4) is 0 Å². The minimum absolute atomic E-state index is 0.228. The van der Waals surface area contributed by atoms with E-state index in [1.807, 2.05) is 23.7 Å². The molecule has 7 heteroatoms. The number of halogens is 1. The first-order chi connectivity index (χ1) is 11.0. The molecule has 0 aliphatic heterocycles. The highest BCUT2D eigenvalue weighted by Crippen LogP contribution is 2.19. The smallest absolute Gasteiger partial charge is 0.335 e. The summed E-state index contributed by atoms with van der Waals surface area (Å²) in [6, 6.07) is 11.8. The van der Waals surface area contributed by atoms with Gasteiger partial charge < -0.3 is 9.67 Å². The standard InChI is InChI=1S/C16H13ClN4O2/c1-21-14-8-11(17)4-7-13(14)19-15(21)9-18-20-12-5-2-10(3-6-12)16(22)23/h2-9,20H,1H3,(H,22,23)/b18-9+. The zero-order valence-electron chi connectivity index (χ0n) is 12.2. The summed E-state index contributed by atoms with van der Waals surface area (Å²) < 4.78 is 1.89. The first kappa shape index (κ1) is 15.1. The van der Waals surface area contributed by atoms with E-state index in [4.69, 9.17) is 16.7 Å². The van der Waals surface area contributed by atoms with Gasteiger partial charge in [0.25, 0.3) is 0 Å². The Labute approximate surface area is 137 Å². The zero-order valence-corrected chi connectivity index (χ0v) is 12.9. The van der Waals surface area contributed by atoms with E-state index in [1.54, 1.807) is 24.4 Å². The number of carboxylic acid groups (broad SMARTS) is 1. The Morgan fingerprint density at radius 3 is 2.74 bits per heavy atom. The molecule has 3 aromatic rings. The van der Waals surface area contributed by atoms with Crippen LogP contribution in [-0.4, -0.2) is 26.8 Å². The minimum Gasteiger partial charge on any atom is -0.478 e. The van der Waals surface area contributed by atoms with Crippen molar-refractivity contribution in [3.05, 3.63) is 58.9 Å². The topological polar surface area (TPSA) is 79.5 Å². The molecule has 2 N–H and O–H groups in total. The molecule has 1 heterocycles. The van der Waals surface area contributed by atoms with Crippen molar-refractivity contribution in [1.82, 2.24) is 9.55 Å². The number of nitrogens with zero attached hydrogens (tertiary/aromatic N) is 3. The summed E-state index contributed by atoms with van der Waals surface area (Å²) in [6.45, 7) is 0. The summed E-state index contributed by atoms with van der Waals surface area (Å²) in [5, 5.41) is 13.6. The van der Waals surface area contributed by atoms with E-state index in [1.165, 1.54) is 12.1 Å². The number of benzene rings is 2. The van der Waals surface area contributed by atoms with Crippen molar-refractivity contribution < 1.29 is 9.90 Å². The van der Waals surface area contributed by atoms with Crippen molar-refractivity contribution in [2.45, 2.75) is 0 Å². The fourth-order valence-corrected chi connectivity index (χ4v) is 2.32. The third kappa shape index (κ3) is 3.17. The number of rotatable bonds is 4. The second-order valence-electron chi connectivity index (χ2n) is 4.91. The van der Waals surface area contributed by atoms with Gasteiger partial charge in [-0.3, -0.25) is 5.43 Å². The van der Waals surface area contributed by atoms with Crippen molar-refractivity contribution in [2.75, 3.05) is 5.43 Å². The number of hydrogen-bond donors (Lipinski definition) is 2. The van der Waals surface area contributed by atoms with Crippen LogP contribution in [0.15, 0.2) is 47.6 Å². The van der Waals surface area contributed by atoms with Gasteiger partial charge >= 0.3 is 5.97 Å². The number of hydrazone groups is 1. The summed E-state index contributed by atoms with van der Waals surface area (Å²) in [6.07, 6.45) is 1.60. The molecule has 116 valence electrons. The second-order valence-corrected chi connectivity index (χ2v) is 5.35. The first-order valence-electron chi connectivity index (χ1n) is 6.79. The molecule has 2 aromatic carbocycles. The lowest BCUT2D eigenvalue weighted by molar-refractivity contribution is 0.0697. The van der Waals surface area contributed by atoms with Crippen LogP contribution in [-0.2, 0) is 7.05 Å². The molecule has 1 aromatic heterocycles. The van der Waals surface area contributed by atoms with Crippen molar-refractivity contribution in [1.29, 1.82) is 0 Å². The van der Waals surface area contributed by atoms with E-state index in [0.29, 0.717) is 16.5 Å². The van der Waals surface area contributed by atoms with E-state index in [2.05, 4.69) is 15.5 Å². The number of fused-ring (bicyclic) bond motifs is 1. The van der Waals surface area contributed by atoms with Crippen molar-refractivity contribution >= 4 is 40.5 Å². The van der Waals surface area contributed by atoms with Gasteiger partial charge in [-0.15, -0.1) is 0 Å². The lowest BCUT2D eigenvalue weighted by atomic mass is 10.2. The average Bonchev–Trinajstić information content (AvgIpc) is 2.84. The Morgan fingerprint density at radius 1 is 1.30 bits per heavy atom. The highest BCUT2D eigenvalue weighted by atomic mass is 35.5. The number of nitrogens with one attached hydrogen (secondary N) is 1. The predicted octanol–water partition coefficient (Wildman–Crippen LogP) is 3.37. The summed E-state index contributed by atoms with van der Waals surface area (Å²) in [5.41, 5.74) is 5.51. The van der Waals surface area contributed by atoms with Crippen LogP contribution < -0.4 is 5.43 Å². The molecule has 0 spiro atoms. The van der Waals surface area contributed by atoms with E-state index in [-0.39, 0.29) is 5.56 Å². The molecule has 0 amide bonds. The van der Waals surface area contributed by atoms with Crippen LogP contribution in [0.1, 0.15) is 16.2 Å². The number of anilines is 1. The maximum Gasteiger partial charge on any atom is 0.335 e. The molecule has 0 aliphatic rings. The predicted molar refractivity (Wildman–Crippen MR) is 90.3 cm³/mol. The monoisotopic (exact) mass is 328 g/mol. The van der Waals surface area contributed by atoms with Crippen LogP contribution in [0.5, 0.6) is 0 Å². The number of aromatic nitrogens is 2. The number of hydrogen-bond acceptors (Lipinski definition) is 4. The van der Waals surface area contributed by atoms with Crippen LogP contribution in [0.2, 0.25) is 5.02 Å². The summed E-state index contributed by atoms with van der Waals surface area (Å²) in [5.74, 6) is -0.282. The molecule has 0 bridgehead atoms. The van der Waals surface area contributed by atoms with Crippen LogP contribution >= 0.6 is 11.6 Å². The summed E-state index contributed by atoms with van der Waals surface area (Å²) in [7, 11) is 1.88. The SMILES string of the molecule is Cn1c(/C=N/Nc2ccc(C(=O)O)cc2)nc2ccc(Cl)cc21. The molecule has 0 fully saturated rings. The Balaban J connectivity index is 1.77. The normalized spacial score (nSPS) is 11.2. The molecule has 3 rings (SSSR count). The van der Waals surface area contributed by atoms with Gasteiger partial charge in [0, 0.05) is 12.1 Å². The van der Waals surface area contributed by atoms with Crippen molar-refractivity contribution in [3.63, 3.8) is 0 Å². The fraction of sp³-hybridized carbons (Fsp3) is 0.0625. The van der Waals surface area contributed by atoms with Gasteiger partial charge in [-0.2, -0.15) is 5.10 Å². The number of aryl methyl sites for hydroxylation is 1. The number of carboxylic acids is 1. The van der Waals surface area contributed by atoms with Crippen LogP contribution in [0, 0.1) is 0 Å². The Hall–Kier alpha value is -2.86. The number of imidazole rings is 1. The van der Waals surface area contributed by atoms with Gasteiger partial charge in [0.05, 0.1) is 28.5 Å². The lowest BCUT2D eigenvalue weighted by Gasteiger charge is -2.01. The third-order valence-corrected chi connectivity index (χ3v) is 3.62. The highest BCUT2D eigenvalue weighted by Gasteiger charge is 2.06. The Bertz CT molecular complexity index is 900. The van der Waals surface area contributed by atoms with E-state index >= 15 is 0 Å². The molecule has 23 heavy (non-hydrogen) atoms. The summed E-state index contributed by atoms with van der Waals surface area (Å²) >= 11 is 5.99. The maximum atomic E-state index is 10.8. The van der Waals surface area contributed by atoms with Gasteiger partial charge in [0.15, 0.2) is 5.82 Å². The number of aromatic carboxylic acids is 1. The zero-order chi connectivity index (χ0) is 16.4. The van der Waals surface area contributed by atoms with E-state index in [9.17, 15) is 4.79 Å². The van der Waals surface area contributed by atoms with Crippen LogP contribution in [0.25, 0.3) is 11.0 Å². The summed E-state index contributed by atoms with van der Waals surface area (Å²) in [4.78, 5) is 15.2. The fourth-order valence-electron chi connectivity index (χ4n) is 2.15. The minimum atomic E-state index is -0.960. The molecular formula is C16H13ClN4O2. The molecule has 0 saturated carbocycles. The van der Waals surface area contributed by atoms with Crippen molar-refractivity contribution in [3.8, 4) is 0 Å². The molecular weight excluding hydrogens is 316 g/mol. The van der Waals surface area contributed by atoms with Gasteiger partial charge in [-0.1, -0.05) is 11.6 Å². The quantitative estimate of drug-likeness (QED) is 0.568. The molecule has 0 radical (unpaired) electrons. The first-order valence-corrected chi connectivity index (χ1v) is 7.17. The van der Waals surface area contributed by atoms with Gasteiger partial charge in [-0.05, 0) is 42.5 Å². The largest absolute Gasteiger partial charge is 0.478 e. The van der Waals surface area contributed by atoms with Gasteiger partial charge in [0.1, 0.15) is 0 Å². The Morgan fingerprint density at radius 2 is 2.04 bits per heavy atom. The third-order valence-electron chi connectivity index (χ3n) is 3.38. The van der Waals surface area contributed by atoms with Gasteiger partial charge in [-0.25, -0.2) is 9.78 Å². The molecule has 0 unspecified atom stereocenters. The second kappa shape index (κ2) is 6.10. The van der Waals surface area contributed by atoms with Gasteiger partial charge in [0.2, 0.25) is 0 Å². The van der Waals surface area contributed by atoms with Crippen LogP contribution in [0.4, 0.5) is 5.69 Å². The van der Waals surface area contributed by atoms with E-state index < -0.39 is 5.97 Å². The number of carbonyl (C=O) groups is 1. The average molecular weight is 329 g/mol. The highest BCUT2D eigenvalue weighted by molar-refractivity contribution is 6.31. The van der Waals surface area contributed by atoms with Crippen molar-refractivity contribution in [2.24, 2.45) is 12.1 Å². The maximum absolute atomic E-state index is 10.8. The van der Waals surface area contributed by atoms with E-state index in [0.717, 1.165) is 11.0 Å².